The van der Waals surface area contributed by atoms with Crippen LogP contribution in [-0.2, 0) is 4.74 Å². The lowest BCUT2D eigenvalue weighted by molar-refractivity contribution is 0.186. The van der Waals surface area contributed by atoms with Gasteiger partial charge in [0.2, 0.25) is 0 Å². The molecule has 1 aromatic carbocycles. The molecule has 4 heterocycles. The summed E-state index contributed by atoms with van der Waals surface area (Å²) in [6, 6.07) is 8.73. The van der Waals surface area contributed by atoms with Crippen LogP contribution in [0.3, 0.4) is 0 Å². The third-order valence-corrected chi connectivity index (χ3v) is 6.18. The highest BCUT2D eigenvalue weighted by molar-refractivity contribution is 5.92. The number of benzene rings is 1. The lowest BCUT2D eigenvalue weighted by Crippen LogP contribution is -2.46. The van der Waals surface area contributed by atoms with Crippen LogP contribution in [0.25, 0.3) is 22.4 Å². The van der Waals surface area contributed by atoms with E-state index in [1.165, 1.54) is 0 Å². The van der Waals surface area contributed by atoms with Crippen LogP contribution in [0.4, 0.5) is 5.82 Å². The predicted molar refractivity (Wildman–Crippen MR) is 119 cm³/mol. The van der Waals surface area contributed by atoms with Gasteiger partial charge < -0.3 is 24.2 Å². The molecule has 9 heteroatoms. The van der Waals surface area contributed by atoms with Crippen molar-refractivity contribution < 1.29 is 14.0 Å². The summed E-state index contributed by atoms with van der Waals surface area (Å²) < 4.78 is 16.4. The molecule has 2 aliphatic heterocycles. The number of nitrogens with one attached hydrogen (secondary N) is 1. The van der Waals surface area contributed by atoms with Crippen molar-refractivity contribution in [3.8, 4) is 23.3 Å². The number of aryl methyl sites for hydroxylation is 1. The van der Waals surface area contributed by atoms with Gasteiger partial charge in [0.05, 0.1) is 30.4 Å². The van der Waals surface area contributed by atoms with Crippen LogP contribution < -0.4 is 15.0 Å². The van der Waals surface area contributed by atoms with E-state index in [2.05, 4.69) is 26.4 Å². The highest BCUT2D eigenvalue weighted by atomic mass is 16.5. The Labute approximate surface area is 186 Å². The maximum absolute atomic E-state index is 9.70. The van der Waals surface area contributed by atoms with E-state index < -0.39 is 0 Å². The minimum Gasteiger partial charge on any atom is -0.497 e. The number of pyridine rings is 1. The van der Waals surface area contributed by atoms with Crippen LogP contribution in [0, 0.1) is 18.3 Å². The normalized spacial score (nSPS) is 19.4. The molecule has 2 aromatic heterocycles. The van der Waals surface area contributed by atoms with Gasteiger partial charge in [-0.2, -0.15) is 10.2 Å². The van der Waals surface area contributed by atoms with Gasteiger partial charge in [0.15, 0.2) is 5.82 Å². The zero-order valence-electron chi connectivity index (χ0n) is 18.3. The second-order valence-electron chi connectivity index (χ2n) is 8.35. The number of aromatic nitrogens is 3. The highest BCUT2D eigenvalue weighted by Crippen LogP contribution is 2.35. The average molecular weight is 435 g/mol. The number of hydrogen-bond donors (Lipinski definition) is 1. The van der Waals surface area contributed by atoms with Crippen LogP contribution >= 0.6 is 0 Å². The fourth-order valence-corrected chi connectivity index (χ4v) is 4.52. The van der Waals surface area contributed by atoms with Crippen molar-refractivity contribution in [3.63, 3.8) is 0 Å². The van der Waals surface area contributed by atoms with Crippen LogP contribution in [0.1, 0.15) is 30.7 Å². The van der Waals surface area contributed by atoms with Crippen molar-refractivity contribution in [3.05, 3.63) is 29.6 Å². The molecule has 0 aliphatic carbocycles. The van der Waals surface area contributed by atoms with Gasteiger partial charge in [-0.3, -0.25) is 0 Å². The number of rotatable bonds is 5. The molecule has 1 N–H and O–H groups in total. The van der Waals surface area contributed by atoms with E-state index in [0.29, 0.717) is 40.6 Å². The minimum absolute atomic E-state index is 0.427. The van der Waals surface area contributed by atoms with E-state index >= 15 is 0 Å². The summed E-state index contributed by atoms with van der Waals surface area (Å²) in [5.41, 5.74) is 1.89. The zero-order valence-corrected chi connectivity index (χ0v) is 18.3. The Bertz CT molecular complexity index is 1160. The third kappa shape index (κ3) is 3.99. The Morgan fingerprint density at radius 2 is 2.00 bits per heavy atom. The van der Waals surface area contributed by atoms with Crippen molar-refractivity contribution in [1.82, 2.24) is 20.4 Å². The van der Waals surface area contributed by atoms with Gasteiger partial charge >= 0.3 is 0 Å². The molecule has 0 radical (unpaired) electrons. The lowest BCUT2D eigenvalue weighted by atomic mass is 10.0. The van der Waals surface area contributed by atoms with E-state index in [1.807, 2.05) is 12.1 Å². The SMILES string of the molecule is COc1cc(C#N)c2nc(N3CCC(NC4CCOC4)CC3)c(-c3nc(C)no3)cc2c1. The summed E-state index contributed by atoms with van der Waals surface area (Å²) in [4.78, 5) is 11.6. The molecule has 2 aliphatic rings. The van der Waals surface area contributed by atoms with Gasteiger partial charge in [-0.15, -0.1) is 0 Å². The summed E-state index contributed by atoms with van der Waals surface area (Å²) in [5.74, 6) is 2.37. The molecule has 0 spiro atoms. The molecule has 5 rings (SSSR count). The molecule has 2 fully saturated rings. The number of hydrogen-bond acceptors (Lipinski definition) is 9. The summed E-state index contributed by atoms with van der Waals surface area (Å²) in [6.07, 6.45) is 3.09. The molecule has 2 saturated heterocycles. The van der Waals surface area contributed by atoms with Gasteiger partial charge in [-0.1, -0.05) is 5.16 Å². The Morgan fingerprint density at radius 1 is 1.16 bits per heavy atom. The first-order valence-electron chi connectivity index (χ1n) is 11.0. The molecule has 9 nitrogen and oxygen atoms in total. The highest BCUT2D eigenvalue weighted by Gasteiger charge is 2.27. The predicted octanol–water partition coefficient (Wildman–Crippen LogP) is 2.82. The molecule has 3 aromatic rings. The number of methoxy groups -OCH3 is 1. The van der Waals surface area contributed by atoms with Crippen molar-refractivity contribution in [2.45, 2.75) is 38.3 Å². The quantitative estimate of drug-likeness (QED) is 0.648. The smallest absolute Gasteiger partial charge is 0.261 e. The van der Waals surface area contributed by atoms with Crippen molar-refractivity contribution in [2.24, 2.45) is 0 Å². The number of anilines is 1. The number of nitriles is 1. The van der Waals surface area contributed by atoms with Gasteiger partial charge in [0.1, 0.15) is 17.6 Å². The maximum Gasteiger partial charge on any atom is 0.261 e. The first kappa shape index (κ1) is 20.7. The standard InChI is InChI=1S/C23H26N6O3/c1-14-25-23(32-28-14)20-11-15-9-19(30-2)10-16(12-24)21(15)27-22(20)29-6-3-17(4-7-29)26-18-5-8-31-13-18/h9-11,17-18,26H,3-8,13H2,1-2H3. The van der Waals surface area contributed by atoms with Crippen LogP contribution in [0.15, 0.2) is 22.7 Å². The number of fused-ring (bicyclic) bond motifs is 1. The van der Waals surface area contributed by atoms with Crippen LogP contribution in [0.5, 0.6) is 5.75 Å². The summed E-state index contributed by atoms with van der Waals surface area (Å²) in [5, 5.41) is 18.2. The van der Waals surface area contributed by atoms with E-state index in [0.717, 1.165) is 62.3 Å². The van der Waals surface area contributed by atoms with Crippen molar-refractivity contribution >= 4 is 16.7 Å². The number of piperidine rings is 1. The summed E-state index contributed by atoms with van der Waals surface area (Å²) in [6.45, 7) is 5.13. The topological polar surface area (TPSA) is 109 Å². The van der Waals surface area contributed by atoms with Gasteiger partial charge in [0.25, 0.3) is 5.89 Å². The second-order valence-corrected chi connectivity index (χ2v) is 8.35. The Balaban J connectivity index is 1.50. The van der Waals surface area contributed by atoms with Crippen LogP contribution in [0.2, 0.25) is 0 Å². The van der Waals surface area contributed by atoms with E-state index in [9.17, 15) is 5.26 Å². The Kier molecular flexibility index (Phi) is 5.64. The molecule has 32 heavy (non-hydrogen) atoms. The monoisotopic (exact) mass is 434 g/mol. The second kappa shape index (κ2) is 8.73. The molecular weight excluding hydrogens is 408 g/mol. The van der Waals surface area contributed by atoms with Crippen molar-refractivity contribution in [1.29, 1.82) is 5.26 Å². The third-order valence-electron chi connectivity index (χ3n) is 6.18. The Hall–Kier alpha value is -3.22. The zero-order chi connectivity index (χ0) is 22.1. The fourth-order valence-electron chi connectivity index (χ4n) is 4.52. The minimum atomic E-state index is 0.427. The Morgan fingerprint density at radius 3 is 2.66 bits per heavy atom. The number of nitrogens with zero attached hydrogens (tertiary/aromatic N) is 5. The first-order valence-corrected chi connectivity index (χ1v) is 11.0. The van der Waals surface area contributed by atoms with Crippen LogP contribution in [-0.4, -0.2) is 60.6 Å². The molecule has 0 bridgehead atoms. The van der Waals surface area contributed by atoms with Crippen molar-refractivity contribution in [2.75, 3.05) is 38.3 Å². The van der Waals surface area contributed by atoms with E-state index in [1.54, 1.807) is 20.1 Å². The molecular formula is C23H26N6O3. The fraction of sp³-hybridized carbons (Fsp3) is 0.478. The number of ether oxygens (including phenoxy) is 2. The summed E-state index contributed by atoms with van der Waals surface area (Å²) in [7, 11) is 1.59. The molecule has 0 saturated carbocycles. The molecule has 166 valence electrons. The van der Waals surface area contributed by atoms with Gasteiger partial charge in [0, 0.05) is 43.2 Å². The molecule has 0 amide bonds. The average Bonchev–Trinajstić information content (AvgIpc) is 3.49. The van der Waals surface area contributed by atoms with E-state index in [-0.39, 0.29) is 0 Å². The first-order chi connectivity index (χ1) is 15.6. The van der Waals surface area contributed by atoms with Gasteiger partial charge in [-0.25, -0.2) is 4.98 Å². The maximum atomic E-state index is 9.70. The molecule has 1 unspecified atom stereocenters. The van der Waals surface area contributed by atoms with Gasteiger partial charge in [-0.05, 0) is 38.3 Å². The summed E-state index contributed by atoms with van der Waals surface area (Å²) >= 11 is 0. The largest absolute Gasteiger partial charge is 0.497 e. The molecule has 1 atom stereocenters. The lowest BCUT2D eigenvalue weighted by Gasteiger charge is -2.35. The van der Waals surface area contributed by atoms with E-state index in [4.69, 9.17) is 19.0 Å².